The van der Waals surface area contributed by atoms with Crippen molar-refractivity contribution in [1.29, 1.82) is 0 Å². The van der Waals surface area contributed by atoms with Crippen molar-refractivity contribution in [2.75, 3.05) is 13.7 Å². The molecular weight excluding hydrogens is 600 g/mol. The van der Waals surface area contributed by atoms with Gasteiger partial charge < -0.3 is 29.5 Å². The van der Waals surface area contributed by atoms with E-state index in [1.807, 2.05) is 30.3 Å². The Balaban J connectivity index is 1.36. The molecule has 45 heavy (non-hydrogen) atoms. The van der Waals surface area contributed by atoms with E-state index in [-0.39, 0.29) is 29.6 Å². The molecule has 0 saturated carbocycles. The van der Waals surface area contributed by atoms with Crippen LogP contribution in [-0.4, -0.2) is 64.0 Å². The second-order valence-corrected chi connectivity index (χ2v) is 11.7. The summed E-state index contributed by atoms with van der Waals surface area (Å²) in [6.45, 7) is 1.02. The first kappa shape index (κ1) is 33.1. The van der Waals surface area contributed by atoms with Crippen molar-refractivity contribution in [3.8, 4) is 11.5 Å². The third-order valence-corrected chi connectivity index (χ3v) is 8.18. The molecule has 1 aliphatic heterocycles. The van der Waals surface area contributed by atoms with Crippen molar-refractivity contribution >= 4 is 40.8 Å². The minimum Gasteiger partial charge on any atom is -0.508 e. The monoisotopic (exact) mass is 634 g/mol. The van der Waals surface area contributed by atoms with E-state index in [2.05, 4.69) is 5.32 Å². The summed E-state index contributed by atoms with van der Waals surface area (Å²) in [6, 6.07) is 20.7. The summed E-state index contributed by atoms with van der Waals surface area (Å²) in [5.74, 6) is -1.25. The van der Waals surface area contributed by atoms with Crippen LogP contribution in [0.3, 0.4) is 0 Å². The molecule has 1 heterocycles. The molecule has 1 saturated heterocycles. The second-order valence-electron chi connectivity index (χ2n) is 10.3. The minimum absolute atomic E-state index is 0.0674. The van der Waals surface area contributed by atoms with Gasteiger partial charge in [-0.2, -0.15) is 0 Å². The van der Waals surface area contributed by atoms with Crippen LogP contribution in [0.25, 0.3) is 0 Å². The number of aromatic hydroxyl groups is 1. The van der Waals surface area contributed by atoms with Gasteiger partial charge in [0, 0.05) is 6.92 Å². The van der Waals surface area contributed by atoms with E-state index in [0.29, 0.717) is 18.4 Å². The zero-order valence-corrected chi connectivity index (χ0v) is 25.7. The molecule has 3 aromatic carbocycles. The number of nitrogens with one attached hydrogen (secondary N) is 1. The molecule has 0 aliphatic carbocycles. The van der Waals surface area contributed by atoms with Gasteiger partial charge in [-0.25, -0.2) is 9.59 Å². The summed E-state index contributed by atoms with van der Waals surface area (Å²) in [5.41, 5.74) is 2.25. The predicted molar refractivity (Wildman–Crippen MR) is 165 cm³/mol. The van der Waals surface area contributed by atoms with Crippen LogP contribution in [-0.2, 0) is 41.7 Å². The summed E-state index contributed by atoms with van der Waals surface area (Å²) in [7, 11) is 1.25. The summed E-state index contributed by atoms with van der Waals surface area (Å²) in [5, 5.41) is 11.2. The topological polar surface area (TPSA) is 149 Å². The number of thioether (sulfide) groups is 1. The zero-order valence-electron chi connectivity index (χ0n) is 24.8. The third kappa shape index (κ3) is 9.32. The second kappa shape index (κ2) is 15.8. The van der Waals surface area contributed by atoms with Crippen LogP contribution in [0.2, 0.25) is 0 Å². The lowest BCUT2D eigenvalue weighted by Gasteiger charge is -2.29. The van der Waals surface area contributed by atoms with Gasteiger partial charge in [0.2, 0.25) is 11.8 Å². The molecule has 1 fully saturated rings. The SMILES string of the molecule is COC(=O)C1CCC(c2ccc(O)cc2)N1C(=O)CNC(=O)[C@H](Cc1ccc(OC(=O)OCc2ccccc2)cc1)SC(C)=O. The third-order valence-electron chi connectivity index (χ3n) is 7.18. The number of hydrogen-bond donors (Lipinski definition) is 2. The Kier molecular flexibility index (Phi) is 11.6. The first-order valence-electron chi connectivity index (χ1n) is 14.2. The summed E-state index contributed by atoms with van der Waals surface area (Å²) in [4.78, 5) is 64.6. The number of hydrogen-bond acceptors (Lipinski definition) is 10. The number of ether oxygens (including phenoxy) is 3. The number of carbonyl (C=O) groups is 5. The van der Waals surface area contributed by atoms with Crippen molar-refractivity contribution in [2.45, 2.75) is 50.1 Å². The number of nitrogens with zero attached hydrogens (tertiary/aromatic N) is 1. The molecule has 4 rings (SSSR count). The van der Waals surface area contributed by atoms with Crippen molar-refractivity contribution in [3.05, 3.63) is 95.6 Å². The number of methoxy groups -OCH3 is 1. The number of rotatable bonds is 11. The van der Waals surface area contributed by atoms with E-state index in [1.54, 1.807) is 36.4 Å². The van der Waals surface area contributed by atoms with Gasteiger partial charge in [-0.3, -0.25) is 14.4 Å². The smallest absolute Gasteiger partial charge is 0.508 e. The highest BCUT2D eigenvalue weighted by molar-refractivity contribution is 8.14. The molecule has 1 aliphatic rings. The van der Waals surface area contributed by atoms with Gasteiger partial charge in [0.15, 0.2) is 5.12 Å². The van der Waals surface area contributed by atoms with E-state index in [0.717, 1.165) is 22.9 Å². The largest absolute Gasteiger partial charge is 0.514 e. The highest BCUT2D eigenvalue weighted by Gasteiger charge is 2.42. The van der Waals surface area contributed by atoms with E-state index in [4.69, 9.17) is 14.2 Å². The predicted octanol–water partition coefficient (Wildman–Crippen LogP) is 4.32. The summed E-state index contributed by atoms with van der Waals surface area (Å²) < 4.78 is 15.3. The van der Waals surface area contributed by atoms with E-state index in [1.165, 1.54) is 31.1 Å². The molecule has 236 valence electrons. The number of benzene rings is 3. The molecule has 0 aromatic heterocycles. The number of phenols is 1. The number of carbonyl (C=O) groups excluding carboxylic acids is 5. The van der Waals surface area contributed by atoms with Gasteiger partial charge in [0.1, 0.15) is 24.1 Å². The first-order chi connectivity index (χ1) is 21.6. The zero-order chi connectivity index (χ0) is 32.3. The van der Waals surface area contributed by atoms with E-state index < -0.39 is 47.8 Å². The lowest BCUT2D eigenvalue weighted by atomic mass is 10.0. The fourth-order valence-corrected chi connectivity index (χ4v) is 5.92. The molecule has 3 atom stereocenters. The molecule has 3 aromatic rings. The van der Waals surface area contributed by atoms with Crippen molar-refractivity contribution < 1.29 is 43.3 Å². The van der Waals surface area contributed by atoms with Crippen LogP contribution in [0, 0.1) is 0 Å². The highest BCUT2D eigenvalue weighted by Crippen LogP contribution is 2.37. The minimum atomic E-state index is -0.860. The first-order valence-corrected chi connectivity index (χ1v) is 15.1. The van der Waals surface area contributed by atoms with Gasteiger partial charge in [0.25, 0.3) is 0 Å². The Hall–Kier alpha value is -4.84. The lowest BCUT2D eigenvalue weighted by Crippen LogP contribution is -2.48. The van der Waals surface area contributed by atoms with Crippen LogP contribution in [0.1, 0.15) is 42.5 Å². The van der Waals surface area contributed by atoms with Crippen molar-refractivity contribution in [1.82, 2.24) is 10.2 Å². The molecule has 0 spiro atoms. The van der Waals surface area contributed by atoms with Crippen molar-refractivity contribution in [3.63, 3.8) is 0 Å². The Labute approximate surface area is 264 Å². The maximum absolute atomic E-state index is 13.4. The molecular formula is C33H34N2O9S. The normalized spacial score (nSPS) is 16.4. The molecule has 12 heteroatoms. The van der Waals surface area contributed by atoms with E-state index in [9.17, 15) is 29.1 Å². The Morgan fingerprint density at radius 2 is 1.62 bits per heavy atom. The summed E-state index contributed by atoms with van der Waals surface area (Å²) >= 11 is 0.835. The van der Waals surface area contributed by atoms with E-state index >= 15 is 0 Å². The fourth-order valence-electron chi connectivity index (χ4n) is 5.06. The fraction of sp³-hybridized carbons (Fsp3) is 0.303. The Morgan fingerprint density at radius 1 is 0.933 bits per heavy atom. The highest BCUT2D eigenvalue weighted by atomic mass is 32.2. The molecule has 0 radical (unpaired) electrons. The Morgan fingerprint density at radius 3 is 2.27 bits per heavy atom. The van der Waals surface area contributed by atoms with Gasteiger partial charge in [-0.05, 0) is 60.2 Å². The lowest BCUT2D eigenvalue weighted by molar-refractivity contribution is -0.152. The maximum Gasteiger partial charge on any atom is 0.514 e. The molecule has 2 amide bonds. The van der Waals surface area contributed by atoms with Gasteiger partial charge in [-0.15, -0.1) is 0 Å². The van der Waals surface area contributed by atoms with Crippen LogP contribution in [0.15, 0.2) is 78.9 Å². The molecule has 2 unspecified atom stereocenters. The average molecular weight is 635 g/mol. The number of phenolic OH excluding ortho intramolecular Hbond substituents is 1. The number of amides is 2. The van der Waals surface area contributed by atoms with Crippen molar-refractivity contribution in [2.24, 2.45) is 0 Å². The average Bonchev–Trinajstić information content (AvgIpc) is 3.49. The molecule has 2 N–H and O–H groups in total. The maximum atomic E-state index is 13.4. The molecule has 0 bridgehead atoms. The number of esters is 1. The van der Waals surface area contributed by atoms with Crippen LogP contribution >= 0.6 is 11.8 Å². The number of likely N-dealkylation sites (tertiary alicyclic amines) is 1. The quantitative estimate of drug-likeness (QED) is 0.231. The van der Waals surface area contributed by atoms with Gasteiger partial charge in [-0.1, -0.05) is 66.4 Å². The standard InChI is InChI=1S/C33H34N2O9S/c1-21(36)45-29(18-22-8-14-26(15-9-22)44-33(41)43-20-23-6-4-3-5-7-23)31(39)34-19-30(38)35-27(16-17-28(35)32(40)42-2)24-10-12-25(37)13-11-24/h3-15,27-29,37H,16-20H2,1-2H3,(H,34,39)/t27?,28?,29-/m0/s1. The Bertz CT molecular complexity index is 1500. The van der Waals surface area contributed by atoms with Crippen LogP contribution in [0.4, 0.5) is 4.79 Å². The molecule has 11 nitrogen and oxygen atoms in total. The van der Waals surface area contributed by atoms with Crippen LogP contribution < -0.4 is 10.1 Å². The van der Waals surface area contributed by atoms with Gasteiger partial charge >= 0.3 is 12.1 Å². The summed E-state index contributed by atoms with van der Waals surface area (Å²) in [6.07, 6.45) is 0.178. The van der Waals surface area contributed by atoms with Gasteiger partial charge in [0.05, 0.1) is 24.9 Å². The van der Waals surface area contributed by atoms with Crippen LogP contribution in [0.5, 0.6) is 11.5 Å².